The number of primary amides is 1. The summed E-state index contributed by atoms with van der Waals surface area (Å²) in [7, 11) is 0. The second-order valence-corrected chi connectivity index (χ2v) is 4.00. The van der Waals surface area contributed by atoms with Crippen molar-refractivity contribution < 1.29 is 13.9 Å². The maximum atomic E-state index is 13.4. The highest BCUT2D eigenvalue weighted by atomic mass is 19.1. The standard InChI is InChI=1S/C12H12FN3O2/c13-9-3-8(6-14)4-10(5-9)16-1-2-18-7-11(16)12(15)17/h3-5,11H,1-2,7H2,(H2,15,17). The van der Waals surface area contributed by atoms with Gasteiger partial charge in [0.15, 0.2) is 0 Å². The zero-order valence-electron chi connectivity index (χ0n) is 9.60. The van der Waals surface area contributed by atoms with Crippen LogP contribution in [0.1, 0.15) is 5.56 Å². The quantitative estimate of drug-likeness (QED) is 0.822. The lowest BCUT2D eigenvalue weighted by molar-refractivity contribution is -0.121. The van der Waals surface area contributed by atoms with Gasteiger partial charge in [-0.25, -0.2) is 4.39 Å². The van der Waals surface area contributed by atoms with E-state index in [9.17, 15) is 9.18 Å². The maximum Gasteiger partial charge on any atom is 0.242 e. The van der Waals surface area contributed by atoms with Gasteiger partial charge in [0.25, 0.3) is 0 Å². The molecule has 1 aliphatic heterocycles. The Morgan fingerprint density at radius 1 is 1.56 bits per heavy atom. The van der Waals surface area contributed by atoms with Crippen molar-refractivity contribution in [3.63, 3.8) is 0 Å². The Labute approximate surface area is 104 Å². The van der Waals surface area contributed by atoms with E-state index in [1.165, 1.54) is 12.1 Å². The Kier molecular flexibility index (Phi) is 3.44. The van der Waals surface area contributed by atoms with Crippen molar-refractivity contribution in [3.8, 4) is 6.07 Å². The van der Waals surface area contributed by atoms with Gasteiger partial charge in [-0.1, -0.05) is 0 Å². The first-order valence-corrected chi connectivity index (χ1v) is 5.46. The van der Waals surface area contributed by atoms with Crippen LogP contribution in [0, 0.1) is 17.1 Å². The molecule has 0 spiro atoms. The number of halogens is 1. The largest absolute Gasteiger partial charge is 0.377 e. The number of hydrogen-bond acceptors (Lipinski definition) is 4. The first-order chi connectivity index (χ1) is 8.61. The predicted molar refractivity (Wildman–Crippen MR) is 62.3 cm³/mol. The summed E-state index contributed by atoms with van der Waals surface area (Å²) >= 11 is 0. The Morgan fingerprint density at radius 3 is 3.00 bits per heavy atom. The molecule has 0 saturated carbocycles. The summed E-state index contributed by atoms with van der Waals surface area (Å²) in [5.74, 6) is -1.05. The average molecular weight is 249 g/mol. The number of carbonyl (C=O) groups excluding carboxylic acids is 1. The molecule has 1 atom stereocenters. The summed E-state index contributed by atoms with van der Waals surface area (Å²) < 4.78 is 18.6. The van der Waals surface area contributed by atoms with Crippen molar-refractivity contribution in [2.45, 2.75) is 6.04 Å². The normalized spacial score (nSPS) is 19.3. The monoisotopic (exact) mass is 249 g/mol. The third-order valence-electron chi connectivity index (χ3n) is 2.80. The first-order valence-electron chi connectivity index (χ1n) is 5.46. The maximum absolute atomic E-state index is 13.4. The van der Waals surface area contributed by atoms with Crippen molar-refractivity contribution in [1.82, 2.24) is 0 Å². The van der Waals surface area contributed by atoms with Crippen LogP contribution in [0.15, 0.2) is 18.2 Å². The Balaban J connectivity index is 2.36. The highest BCUT2D eigenvalue weighted by molar-refractivity contribution is 5.84. The minimum absolute atomic E-state index is 0.174. The minimum Gasteiger partial charge on any atom is -0.377 e. The highest BCUT2D eigenvalue weighted by Gasteiger charge is 2.28. The smallest absolute Gasteiger partial charge is 0.242 e. The van der Waals surface area contributed by atoms with E-state index in [-0.39, 0.29) is 12.2 Å². The minimum atomic E-state index is -0.632. The molecule has 1 saturated heterocycles. The number of anilines is 1. The van der Waals surface area contributed by atoms with Gasteiger partial charge in [-0.3, -0.25) is 4.79 Å². The summed E-state index contributed by atoms with van der Waals surface area (Å²) in [5.41, 5.74) is 5.96. The van der Waals surface area contributed by atoms with Gasteiger partial charge in [-0.05, 0) is 18.2 Å². The third kappa shape index (κ3) is 2.41. The molecular formula is C12H12FN3O2. The number of rotatable bonds is 2. The number of hydrogen-bond donors (Lipinski definition) is 1. The molecule has 0 aliphatic carbocycles. The van der Waals surface area contributed by atoms with E-state index in [2.05, 4.69) is 0 Å². The van der Waals surface area contributed by atoms with Crippen LogP contribution < -0.4 is 10.6 Å². The molecular weight excluding hydrogens is 237 g/mol. The van der Waals surface area contributed by atoms with Gasteiger partial charge in [-0.15, -0.1) is 0 Å². The van der Waals surface area contributed by atoms with Gasteiger partial charge in [0, 0.05) is 12.2 Å². The van der Waals surface area contributed by atoms with Gasteiger partial charge in [0.2, 0.25) is 5.91 Å². The number of nitrogens with two attached hydrogens (primary N) is 1. The Morgan fingerprint density at radius 2 is 2.33 bits per heavy atom. The fourth-order valence-corrected chi connectivity index (χ4v) is 1.95. The molecule has 94 valence electrons. The van der Waals surface area contributed by atoms with Crippen LogP contribution >= 0.6 is 0 Å². The number of nitrogens with zero attached hydrogens (tertiary/aromatic N) is 2. The zero-order valence-corrected chi connectivity index (χ0v) is 9.60. The first kappa shape index (κ1) is 12.3. The van der Waals surface area contributed by atoms with E-state index in [0.29, 0.717) is 18.8 Å². The predicted octanol–water partition coefficient (Wildman–Crippen LogP) is 0.388. The van der Waals surface area contributed by atoms with Crippen LogP contribution in [0.25, 0.3) is 0 Å². The van der Waals surface area contributed by atoms with Crippen molar-refractivity contribution in [1.29, 1.82) is 5.26 Å². The fraction of sp³-hybridized carbons (Fsp3) is 0.333. The van der Waals surface area contributed by atoms with E-state index < -0.39 is 17.8 Å². The summed E-state index contributed by atoms with van der Waals surface area (Å²) in [6.45, 7) is 1.04. The molecule has 6 heteroatoms. The number of morpholine rings is 1. The van der Waals surface area contributed by atoms with Gasteiger partial charge in [-0.2, -0.15) is 5.26 Å². The molecule has 1 fully saturated rings. The molecule has 1 aromatic carbocycles. The summed E-state index contributed by atoms with van der Waals surface area (Å²) in [6, 6.07) is 5.20. The van der Waals surface area contributed by atoms with E-state index in [0.717, 1.165) is 6.07 Å². The molecule has 1 heterocycles. The molecule has 2 rings (SSSR count). The molecule has 0 aromatic heterocycles. The van der Waals surface area contributed by atoms with Crippen LogP contribution in [0.2, 0.25) is 0 Å². The van der Waals surface area contributed by atoms with Crippen LogP contribution in [-0.2, 0) is 9.53 Å². The van der Waals surface area contributed by atoms with Gasteiger partial charge in [0.1, 0.15) is 11.9 Å². The lowest BCUT2D eigenvalue weighted by Crippen LogP contribution is -2.52. The highest BCUT2D eigenvalue weighted by Crippen LogP contribution is 2.22. The summed E-state index contributed by atoms with van der Waals surface area (Å²) in [6.07, 6.45) is 0. The fourth-order valence-electron chi connectivity index (χ4n) is 1.95. The number of amides is 1. The van der Waals surface area contributed by atoms with E-state index in [1.54, 1.807) is 4.90 Å². The SMILES string of the molecule is N#Cc1cc(F)cc(N2CCOCC2C(N)=O)c1. The molecule has 1 aromatic rings. The van der Waals surface area contributed by atoms with Crippen LogP contribution in [0.4, 0.5) is 10.1 Å². The zero-order chi connectivity index (χ0) is 13.1. The van der Waals surface area contributed by atoms with Crippen LogP contribution in [0.3, 0.4) is 0 Å². The molecule has 5 nitrogen and oxygen atoms in total. The molecule has 0 bridgehead atoms. The summed E-state index contributed by atoms with van der Waals surface area (Å²) in [4.78, 5) is 13.0. The molecule has 1 aliphatic rings. The molecule has 1 amide bonds. The number of nitriles is 1. The van der Waals surface area contributed by atoms with E-state index in [4.69, 9.17) is 15.7 Å². The van der Waals surface area contributed by atoms with E-state index >= 15 is 0 Å². The van der Waals surface area contributed by atoms with Crippen molar-refractivity contribution in [2.24, 2.45) is 5.73 Å². The van der Waals surface area contributed by atoms with Crippen LogP contribution in [0.5, 0.6) is 0 Å². The lowest BCUT2D eigenvalue weighted by Gasteiger charge is -2.35. The topological polar surface area (TPSA) is 79.3 Å². The summed E-state index contributed by atoms with van der Waals surface area (Å²) in [5, 5.41) is 8.81. The lowest BCUT2D eigenvalue weighted by atomic mass is 10.1. The van der Waals surface area contributed by atoms with Crippen molar-refractivity contribution in [2.75, 3.05) is 24.7 Å². The number of carbonyl (C=O) groups is 1. The van der Waals surface area contributed by atoms with E-state index in [1.807, 2.05) is 6.07 Å². The van der Waals surface area contributed by atoms with Crippen molar-refractivity contribution in [3.05, 3.63) is 29.6 Å². The average Bonchev–Trinajstić information content (AvgIpc) is 2.38. The van der Waals surface area contributed by atoms with Gasteiger partial charge < -0.3 is 15.4 Å². The van der Waals surface area contributed by atoms with Gasteiger partial charge in [0.05, 0.1) is 24.8 Å². The number of ether oxygens (including phenoxy) is 1. The number of benzene rings is 1. The molecule has 0 radical (unpaired) electrons. The molecule has 1 unspecified atom stereocenters. The second kappa shape index (κ2) is 5.02. The molecule has 18 heavy (non-hydrogen) atoms. The van der Waals surface area contributed by atoms with Crippen molar-refractivity contribution >= 4 is 11.6 Å². The molecule has 2 N–H and O–H groups in total. The van der Waals surface area contributed by atoms with Gasteiger partial charge >= 0.3 is 0 Å². The second-order valence-electron chi connectivity index (χ2n) is 4.00. The van der Waals surface area contributed by atoms with Crippen LogP contribution in [-0.4, -0.2) is 31.7 Å². The third-order valence-corrected chi connectivity index (χ3v) is 2.80. The Bertz CT molecular complexity index is 513. The Hall–Kier alpha value is -2.13.